The van der Waals surface area contributed by atoms with Crippen LogP contribution in [0.4, 0.5) is 0 Å². The smallest absolute Gasteiger partial charge is 0.225 e. The molecule has 5 nitrogen and oxygen atoms in total. The van der Waals surface area contributed by atoms with E-state index in [-0.39, 0.29) is 35.3 Å². The number of carbonyl (C=O) groups is 1. The fourth-order valence-corrected chi connectivity index (χ4v) is 1.87. The Morgan fingerprint density at radius 1 is 1.13 bits per heavy atom. The number of carbonyl (C=O) groups excluding carboxylic acids is 1. The maximum absolute atomic E-state index is 11.7. The summed E-state index contributed by atoms with van der Waals surface area (Å²) < 4.78 is 0. The summed E-state index contributed by atoms with van der Waals surface area (Å²) in [6.45, 7) is 7.40. The number of nitrogens with zero attached hydrogens (tertiary/aromatic N) is 1. The Morgan fingerprint density at radius 3 is 2.30 bits per heavy atom. The van der Waals surface area contributed by atoms with Crippen molar-refractivity contribution in [2.75, 3.05) is 20.1 Å². The maximum Gasteiger partial charge on any atom is 0.225 e. The number of amides is 1. The fraction of sp³-hybridized carbons (Fsp3) is 0.500. The predicted molar refractivity (Wildman–Crippen MR) is 108 cm³/mol. The van der Waals surface area contributed by atoms with Gasteiger partial charge in [-0.3, -0.25) is 9.79 Å². The van der Waals surface area contributed by atoms with Crippen molar-refractivity contribution in [3.63, 3.8) is 0 Å². The molecule has 0 aliphatic carbocycles. The molecule has 1 rings (SSSR count). The van der Waals surface area contributed by atoms with Crippen LogP contribution in [-0.2, 0) is 11.3 Å². The van der Waals surface area contributed by atoms with Crippen molar-refractivity contribution in [2.24, 2.45) is 10.4 Å². The highest BCUT2D eigenvalue weighted by molar-refractivity contribution is 14.0. The van der Waals surface area contributed by atoms with Gasteiger partial charge in [-0.15, -0.1) is 24.0 Å². The Balaban J connectivity index is 0.00000484. The molecular formula is C16H26ClIN4O. The van der Waals surface area contributed by atoms with E-state index in [1.807, 2.05) is 45.0 Å². The van der Waals surface area contributed by atoms with Crippen molar-refractivity contribution >= 4 is 47.4 Å². The number of guanidine groups is 1. The van der Waals surface area contributed by atoms with Crippen molar-refractivity contribution < 1.29 is 4.79 Å². The molecule has 0 unspecified atom stereocenters. The highest BCUT2D eigenvalue weighted by Crippen LogP contribution is 2.14. The third-order valence-corrected chi connectivity index (χ3v) is 3.38. The fourth-order valence-electron chi connectivity index (χ4n) is 1.66. The Morgan fingerprint density at radius 2 is 1.74 bits per heavy atom. The first kappa shape index (κ1) is 22.0. The van der Waals surface area contributed by atoms with Gasteiger partial charge in [0.2, 0.25) is 5.91 Å². The quantitative estimate of drug-likeness (QED) is 0.279. The van der Waals surface area contributed by atoms with E-state index >= 15 is 0 Å². The summed E-state index contributed by atoms with van der Waals surface area (Å²) in [5, 5.41) is 9.94. The van der Waals surface area contributed by atoms with E-state index in [0.717, 1.165) is 10.6 Å². The molecule has 0 atom stereocenters. The first-order chi connectivity index (χ1) is 10.3. The number of rotatable bonds is 5. The van der Waals surface area contributed by atoms with Crippen molar-refractivity contribution in [3.8, 4) is 0 Å². The van der Waals surface area contributed by atoms with Gasteiger partial charge >= 0.3 is 0 Å². The summed E-state index contributed by atoms with van der Waals surface area (Å²) >= 11 is 6.11. The zero-order valence-corrected chi connectivity index (χ0v) is 17.2. The number of hydrogen-bond acceptors (Lipinski definition) is 2. The van der Waals surface area contributed by atoms with Crippen LogP contribution in [-0.4, -0.2) is 32.0 Å². The van der Waals surface area contributed by atoms with E-state index < -0.39 is 0 Å². The third kappa shape index (κ3) is 8.41. The van der Waals surface area contributed by atoms with Crippen LogP contribution in [0, 0.1) is 5.41 Å². The molecular weight excluding hydrogens is 427 g/mol. The highest BCUT2D eigenvalue weighted by Gasteiger charge is 2.20. The van der Waals surface area contributed by atoms with Gasteiger partial charge in [-0.2, -0.15) is 0 Å². The monoisotopic (exact) mass is 452 g/mol. The summed E-state index contributed by atoms with van der Waals surface area (Å²) in [4.78, 5) is 15.9. The number of aliphatic imine (C=N–C) groups is 1. The van der Waals surface area contributed by atoms with Crippen LogP contribution in [0.15, 0.2) is 29.3 Å². The molecule has 7 heteroatoms. The molecule has 0 radical (unpaired) electrons. The van der Waals surface area contributed by atoms with Crippen molar-refractivity contribution in [1.82, 2.24) is 16.0 Å². The van der Waals surface area contributed by atoms with E-state index in [1.165, 1.54) is 0 Å². The van der Waals surface area contributed by atoms with Gasteiger partial charge in [-0.05, 0) is 11.6 Å². The van der Waals surface area contributed by atoms with Gasteiger partial charge in [0.1, 0.15) is 0 Å². The SMILES string of the molecule is CN=C(NCCNC(=O)C(C)(C)C)NCc1ccccc1Cl.I. The van der Waals surface area contributed by atoms with Crippen molar-refractivity contribution in [3.05, 3.63) is 34.9 Å². The summed E-state index contributed by atoms with van der Waals surface area (Å²) in [6.07, 6.45) is 0. The minimum Gasteiger partial charge on any atom is -0.355 e. The first-order valence-electron chi connectivity index (χ1n) is 7.31. The minimum absolute atomic E-state index is 0. The summed E-state index contributed by atoms with van der Waals surface area (Å²) in [6, 6.07) is 7.67. The number of benzene rings is 1. The molecule has 1 amide bonds. The van der Waals surface area contributed by atoms with Crippen LogP contribution in [0.25, 0.3) is 0 Å². The number of halogens is 2. The third-order valence-electron chi connectivity index (χ3n) is 3.01. The second kappa shape index (κ2) is 10.7. The molecule has 0 fully saturated rings. The van der Waals surface area contributed by atoms with Gasteiger partial charge in [-0.1, -0.05) is 50.6 Å². The standard InChI is InChI=1S/C16H25ClN4O.HI/c1-16(2,3)14(22)19-9-10-20-15(18-4)21-11-12-7-5-6-8-13(12)17;/h5-8H,9-11H2,1-4H3,(H,19,22)(H2,18,20,21);1H. The number of hydrogen-bond donors (Lipinski definition) is 3. The van der Waals surface area contributed by atoms with E-state index in [2.05, 4.69) is 20.9 Å². The second-order valence-corrected chi connectivity index (χ2v) is 6.36. The van der Waals surface area contributed by atoms with Crippen LogP contribution in [0.1, 0.15) is 26.3 Å². The molecule has 0 spiro atoms. The molecule has 1 aromatic carbocycles. The molecule has 0 saturated carbocycles. The van der Waals surface area contributed by atoms with Crippen LogP contribution in [0.5, 0.6) is 0 Å². The Kier molecular flexibility index (Phi) is 10.2. The molecule has 1 aromatic rings. The molecule has 0 bridgehead atoms. The summed E-state index contributed by atoms with van der Waals surface area (Å²) in [5.41, 5.74) is 0.637. The van der Waals surface area contributed by atoms with Gasteiger partial charge in [-0.25, -0.2) is 0 Å². The molecule has 0 saturated heterocycles. The molecule has 0 aromatic heterocycles. The van der Waals surface area contributed by atoms with Crippen LogP contribution in [0.2, 0.25) is 5.02 Å². The Hall–Kier alpha value is -1.02. The lowest BCUT2D eigenvalue weighted by Crippen LogP contribution is -2.43. The Bertz CT molecular complexity index is 529. The zero-order chi connectivity index (χ0) is 16.6. The van der Waals surface area contributed by atoms with Gasteiger partial charge < -0.3 is 16.0 Å². The Labute approximate surface area is 160 Å². The maximum atomic E-state index is 11.7. The van der Waals surface area contributed by atoms with Crippen molar-refractivity contribution in [2.45, 2.75) is 27.3 Å². The van der Waals surface area contributed by atoms with E-state index in [1.54, 1.807) is 7.05 Å². The minimum atomic E-state index is -0.371. The molecule has 0 aliphatic rings. The molecule has 130 valence electrons. The zero-order valence-electron chi connectivity index (χ0n) is 14.1. The topological polar surface area (TPSA) is 65.5 Å². The van der Waals surface area contributed by atoms with E-state index in [4.69, 9.17) is 11.6 Å². The predicted octanol–water partition coefficient (Wildman–Crippen LogP) is 2.79. The van der Waals surface area contributed by atoms with Crippen LogP contribution < -0.4 is 16.0 Å². The van der Waals surface area contributed by atoms with Crippen LogP contribution >= 0.6 is 35.6 Å². The average Bonchev–Trinajstić information content (AvgIpc) is 2.46. The molecule has 3 N–H and O–H groups in total. The number of nitrogens with one attached hydrogen (secondary N) is 3. The lowest BCUT2D eigenvalue weighted by Gasteiger charge is -2.18. The van der Waals surface area contributed by atoms with Gasteiger partial charge in [0.05, 0.1) is 0 Å². The van der Waals surface area contributed by atoms with Crippen molar-refractivity contribution in [1.29, 1.82) is 0 Å². The normalized spacial score (nSPS) is 11.4. The highest BCUT2D eigenvalue weighted by atomic mass is 127. The van der Waals surface area contributed by atoms with Gasteiger partial charge in [0, 0.05) is 37.1 Å². The molecule has 0 aliphatic heterocycles. The first-order valence-corrected chi connectivity index (χ1v) is 7.68. The van der Waals surface area contributed by atoms with Gasteiger partial charge in [0.25, 0.3) is 0 Å². The largest absolute Gasteiger partial charge is 0.355 e. The van der Waals surface area contributed by atoms with E-state index in [0.29, 0.717) is 25.6 Å². The molecule has 23 heavy (non-hydrogen) atoms. The summed E-state index contributed by atoms with van der Waals surface area (Å²) in [5.74, 6) is 0.707. The molecule has 0 heterocycles. The van der Waals surface area contributed by atoms with Crippen LogP contribution in [0.3, 0.4) is 0 Å². The summed E-state index contributed by atoms with van der Waals surface area (Å²) in [7, 11) is 1.70. The lowest BCUT2D eigenvalue weighted by atomic mass is 9.96. The van der Waals surface area contributed by atoms with Gasteiger partial charge in [0.15, 0.2) is 5.96 Å². The second-order valence-electron chi connectivity index (χ2n) is 5.95. The average molecular weight is 453 g/mol. The van der Waals surface area contributed by atoms with E-state index in [9.17, 15) is 4.79 Å². The lowest BCUT2D eigenvalue weighted by molar-refractivity contribution is -0.128.